The molecule has 0 spiro atoms. The topological polar surface area (TPSA) is 0 Å². The van der Waals surface area contributed by atoms with Crippen LogP contribution in [0, 0.1) is 0 Å². The van der Waals surface area contributed by atoms with Gasteiger partial charge in [-0.05, 0) is 25.4 Å². The number of hydrogen-bond donors (Lipinski definition) is 0. The maximum absolute atomic E-state index is 2.30. The van der Waals surface area contributed by atoms with Gasteiger partial charge in [0.15, 0.2) is 0 Å². The van der Waals surface area contributed by atoms with E-state index in [1.165, 1.54) is 72.5 Å². The fourth-order valence-electron chi connectivity index (χ4n) is 1.88. The summed E-state index contributed by atoms with van der Waals surface area (Å²) < 4.78 is 0. The normalized spacial score (nSPS) is 12.4. The van der Waals surface area contributed by atoms with Crippen LogP contribution in [0.25, 0.3) is 0 Å². The SMILES string of the molecule is CCCCCCCCP[PH2+]CCCCCC. The summed E-state index contributed by atoms with van der Waals surface area (Å²) in [7, 11) is 2.17. The van der Waals surface area contributed by atoms with E-state index in [0.29, 0.717) is 0 Å². The van der Waals surface area contributed by atoms with Crippen molar-refractivity contribution in [3.63, 3.8) is 0 Å². The third-order valence-corrected chi connectivity index (χ3v) is 7.25. The molecule has 98 valence electrons. The van der Waals surface area contributed by atoms with Crippen LogP contribution in [0.1, 0.15) is 78.1 Å². The van der Waals surface area contributed by atoms with Crippen LogP contribution in [0.2, 0.25) is 0 Å². The smallest absolute Gasteiger partial charge is 0.0569 e. The van der Waals surface area contributed by atoms with Gasteiger partial charge in [0.2, 0.25) is 0 Å². The van der Waals surface area contributed by atoms with Crippen LogP contribution in [-0.2, 0) is 0 Å². The fraction of sp³-hybridized carbons (Fsp3) is 1.00. The van der Waals surface area contributed by atoms with E-state index >= 15 is 0 Å². The van der Waals surface area contributed by atoms with E-state index < -0.39 is 0 Å². The maximum atomic E-state index is 2.30. The Morgan fingerprint density at radius 3 is 1.94 bits per heavy atom. The molecule has 0 rings (SSSR count). The van der Waals surface area contributed by atoms with Gasteiger partial charge in [-0.3, -0.25) is 0 Å². The van der Waals surface area contributed by atoms with Crippen LogP contribution in [0.4, 0.5) is 0 Å². The Hall–Kier alpha value is 0.860. The molecular formula is C14H33P2+. The number of unbranched alkanes of at least 4 members (excludes halogenated alkanes) is 8. The highest BCUT2D eigenvalue weighted by molar-refractivity contribution is 8.11. The molecule has 0 bridgehead atoms. The lowest BCUT2D eigenvalue weighted by Crippen LogP contribution is -1.80. The molecule has 0 amide bonds. The van der Waals surface area contributed by atoms with Crippen LogP contribution in [0.3, 0.4) is 0 Å². The van der Waals surface area contributed by atoms with Gasteiger partial charge in [-0.25, -0.2) is 0 Å². The highest BCUT2D eigenvalue weighted by Crippen LogP contribution is 2.38. The van der Waals surface area contributed by atoms with Crippen molar-refractivity contribution < 1.29 is 0 Å². The van der Waals surface area contributed by atoms with Gasteiger partial charge in [0.05, 0.1) is 6.16 Å². The van der Waals surface area contributed by atoms with Crippen molar-refractivity contribution in [3.05, 3.63) is 0 Å². The monoisotopic (exact) mass is 263 g/mol. The molecule has 0 saturated carbocycles. The molecule has 16 heavy (non-hydrogen) atoms. The van der Waals surface area contributed by atoms with E-state index in [0.717, 1.165) is 8.27 Å². The second kappa shape index (κ2) is 15.9. The molecule has 2 heteroatoms. The van der Waals surface area contributed by atoms with Gasteiger partial charge >= 0.3 is 0 Å². The van der Waals surface area contributed by atoms with Crippen molar-refractivity contribution in [3.8, 4) is 0 Å². The predicted molar refractivity (Wildman–Crippen MR) is 85.3 cm³/mol. The van der Waals surface area contributed by atoms with Crippen LogP contribution in [0.5, 0.6) is 0 Å². The van der Waals surface area contributed by atoms with Gasteiger partial charge in [0.1, 0.15) is 0 Å². The van der Waals surface area contributed by atoms with Crippen LogP contribution in [0.15, 0.2) is 0 Å². The molecule has 0 aliphatic heterocycles. The predicted octanol–water partition coefficient (Wildman–Crippen LogP) is 5.93. The Morgan fingerprint density at radius 1 is 0.688 bits per heavy atom. The minimum Gasteiger partial charge on any atom is -0.0654 e. The third-order valence-electron chi connectivity index (χ3n) is 3.02. The molecule has 0 nitrogen and oxygen atoms in total. The lowest BCUT2D eigenvalue weighted by Gasteiger charge is -1.99. The number of hydrogen-bond acceptors (Lipinski definition) is 0. The lowest BCUT2D eigenvalue weighted by atomic mass is 10.1. The molecule has 0 N–H and O–H groups in total. The molecule has 0 radical (unpaired) electrons. The molecule has 0 saturated heterocycles. The van der Waals surface area contributed by atoms with Crippen molar-refractivity contribution in [1.29, 1.82) is 0 Å². The minimum absolute atomic E-state index is 0.825. The van der Waals surface area contributed by atoms with Crippen LogP contribution < -0.4 is 0 Å². The zero-order valence-electron chi connectivity index (χ0n) is 11.6. The standard InChI is InChI=1S/C14H32P2/c1-3-5-7-9-10-12-14-16-15-13-11-8-6-4-2/h15-16H,3-14H2,1-2H3/p+1. The van der Waals surface area contributed by atoms with Crippen molar-refractivity contribution in [2.45, 2.75) is 78.1 Å². The molecule has 0 aromatic rings. The Kier molecular flexibility index (Phi) is 16.7. The van der Waals surface area contributed by atoms with Crippen molar-refractivity contribution >= 4 is 16.5 Å². The first-order chi connectivity index (χ1) is 7.91. The highest BCUT2D eigenvalue weighted by Gasteiger charge is 1.96. The first-order valence-electron chi connectivity index (χ1n) is 7.46. The van der Waals surface area contributed by atoms with E-state index in [2.05, 4.69) is 13.8 Å². The van der Waals surface area contributed by atoms with Crippen molar-refractivity contribution in [2.75, 3.05) is 12.3 Å². The van der Waals surface area contributed by atoms with E-state index in [4.69, 9.17) is 0 Å². The first-order valence-corrected chi connectivity index (χ1v) is 11.3. The summed E-state index contributed by atoms with van der Waals surface area (Å²) in [4.78, 5) is 0. The molecule has 0 aliphatic carbocycles. The molecule has 0 aliphatic rings. The fourth-order valence-corrected chi connectivity index (χ4v) is 5.69. The zero-order chi connectivity index (χ0) is 11.9. The van der Waals surface area contributed by atoms with Crippen molar-refractivity contribution in [2.24, 2.45) is 0 Å². The Bertz CT molecular complexity index is 101. The van der Waals surface area contributed by atoms with Gasteiger partial charge in [-0.1, -0.05) is 58.8 Å². The Morgan fingerprint density at radius 2 is 1.25 bits per heavy atom. The highest BCUT2D eigenvalue weighted by atomic mass is 32.0. The average molecular weight is 263 g/mol. The second-order valence-electron chi connectivity index (χ2n) is 4.78. The summed E-state index contributed by atoms with van der Waals surface area (Å²) in [5.74, 6) is 0. The molecule has 0 fully saturated rings. The molecule has 2 atom stereocenters. The third kappa shape index (κ3) is 14.9. The lowest BCUT2D eigenvalue weighted by molar-refractivity contribution is 0.627. The zero-order valence-corrected chi connectivity index (χ0v) is 13.7. The molecule has 0 aromatic heterocycles. The molecule has 0 heterocycles. The maximum Gasteiger partial charge on any atom is 0.0569 e. The van der Waals surface area contributed by atoms with Gasteiger partial charge in [0, 0.05) is 16.5 Å². The van der Waals surface area contributed by atoms with Gasteiger partial charge in [-0.15, -0.1) is 0 Å². The van der Waals surface area contributed by atoms with Gasteiger partial charge < -0.3 is 0 Å². The van der Waals surface area contributed by atoms with Gasteiger partial charge in [0.25, 0.3) is 0 Å². The van der Waals surface area contributed by atoms with E-state index in [1.54, 1.807) is 12.3 Å². The Labute approximate surface area is 107 Å². The van der Waals surface area contributed by atoms with Crippen LogP contribution >= 0.6 is 16.5 Å². The van der Waals surface area contributed by atoms with E-state index in [9.17, 15) is 0 Å². The quantitative estimate of drug-likeness (QED) is 0.285. The summed E-state index contributed by atoms with van der Waals surface area (Å²) in [5, 5.41) is 0. The van der Waals surface area contributed by atoms with E-state index in [-0.39, 0.29) is 0 Å². The average Bonchev–Trinajstić information content (AvgIpc) is 2.31. The Balaban J connectivity index is 2.83. The summed E-state index contributed by atoms with van der Waals surface area (Å²) in [6.07, 6.45) is 17.8. The van der Waals surface area contributed by atoms with Crippen molar-refractivity contribution in [1.82, 2.24) is 0 Å². The molecular weight excluding hydrogens is 230 g/mol. The largest absolute Gasteiger partial charge is 0.0654 e. The van der Waals surface area contributed by atoms with E-state index in [1.807, 2.05) is 0 Å². The summed E-state index contributed by atoms with van der Waals surface area (Å²) >= 11 is 0. The summed E-state index contributed by atoms with van der Waals surface area (Å²) in [6, 6.07) is 0. The number of rotatable bonds is 13. The first kappa shape index (κ1) is 16.9. The second-order valence-corrected chi connectivity index (χ2v) is 9.12. The molecule has 2 unspecified atom stereocenters. The molecule has 0 aromatic carbocycles. The summed E-state index contributed by atoms with van der Waals surface area (Å²) in [6.45, 7) is 4.59. The van der Waals surface area contributed by atoms with Gasteiger partial charge in [-0.2, -0.15) is 0 Å². The summed E-state index contributed by atoms with van der Waals surface area (Å²) in [5.41, 5.74) is 0. The minimum atomic E-state index is 0.825. The van der Waals surface area contributed by atoms with Crippen LogP contribution in [-0.4, -0.2) is 12.3 Å².